The molecule has 0 saturated heterocycles. The minimum atomic E-state index is -0.896. The summed E-state index contributed by atoms with van der Waals surface area (Å²) in [5, 5.41) is 19.2. The monoisotopic (exact) mass is 321 g/mol. The summed E-state index contributed by atoms with van der Waals surface area (Å²) in [5.41, 5.74) is 1.17. The number of carbonyl (C=O) groups excluding carboxylic acids is 1. The van der Waals surface area contributed by atoms with Gasteiger partial charge >= 0.3 is 6.03 Å². The molecule has 0 aliphatic heterocycles. The minimum Gasteiger partial charge on any atom is -0.388 e. The molecule has 0 saturated carbocycles. The van der Waals surface area contributed by atoms with Gasteiger partial charge in [0, 0.05) is 24.8 Å². The van der Waals surface area contributed by atoms with Crippen LogP contribution in [-0.4, -0.2) is 29.3 Å². The van der Waals surface area contributed by atoms with Crippen LogP contribution in [0, 0.1) is 5.92 Å². The molecular weight excluding hydrogens is 290 g/mol. The summed E-state index contributed by atoms with van der Waals surface area (Å²) in [7, 11) is 0. The van der Waals surface area contributed by atoms with Crippen LogP contribution >= 0.6 is 0 Å². The van der Waals surface area contributed by atoms with E-state index >= 15 is 0 Å². The third-order valence-electron chi connectivity index (χ3n) is 4.12. The Bertz CT molecular complexity index is 501. The summed E-state index contributed by atoms with van der Waals surface area (Å²) in [6.45, 7) is 10.6. The fourth-order valence-electron chi connectivity index (χ4n) is 2.22. The molecule has 4 N–H and O–H groups in total. The highest BCUT2D eigenvalue weighted by atomic mass is 16.3. The Hall–Kier alpha value is -1.75. The number of rotatable bonds is 8. The number of aliphatic hydroxyl groups is 1. The predicted octanol–water partition coefficient (Wildman–Crippen LogP) is 3.10. The van der Waals surface area contributed by atoms with Crippen LogP contribution in [0.4, 0.5) is 10.5 Å². The molecule has 0 radical (unpaired) electrons. The number of hydrogen-bond donors (Lipinski definition) is 4. The molecule has 0 bridgehead atoms. The molecule has 130 valence electrons. The van der Waals surface area contributed by atoms with Crippen molar-refractivity contribution < 1.29 is 9.90 Å². The van der Waals surface area contributed by atoms with E-state index in [2.05, 4.69) is 29.8 Å². The molecule has 2 amide bonds. The fourth-order valence-corrected chi connectivity index (χ4v) is 2.22. The number of amides is 2. The van der Waals surface area contributed by atoms with Crippen LogP contribution in [0.1, 0.15) is 46.6 Å². The lowest BCUT2D eigenvalue weighted by molar-refractivity contribution is 0.00790. The molecule has 5 heteroatoms. The topological polar surface area (TPSA) is 73.4 Å². The van der Waals surface area contributed by atoms with E-state index in [-0.39, 0.29) is 18.5 Å². The van der Waals surface area contributed by atoms with Crippen molar-refractivity contribution >= 4 is 11.7 Å². The van der Waals surface area contributed by atoms with Gasteiger partial charge in [-0.1, -0.05) is 32.4 Å². The quantitative estimate of drug-likeness (QED) is 0.594. The number of urea groups is 1. The lowest BCUT2D eigenvalue weighted by atomic mass is 9.89. The van der Waals surface area contributed by atoms with Crippen molar-refractivity contribution in [1.82, 2.24) is 10.6 Å². The lowest BCUT2D eigenvalue weighted by Crippen LogP contribution is -2.47. The van der Waals surface area contributed by atoms with E-state index in [1.54, 1.807) is 6.92 Å². The average molecular weight is 321 g/mol. The molecule has 5 nitrogen and oxygen atoms in total. The number of anilines is 1. The Morgan fingerprint density at radius 3 is 2.57 bits per heavy atom. The standard InChI is InChI=1S/C18H31N3O2/c1-6-14(4)18(5,23)12-20-17(22)19-11-15-8-7-9-16(10-15)21-13(2)3/h7-10,13-14,21,23H,6,11-12H2,1-5H3,(H2,19,20,22). The van der Waals surface area contributed by atoms with Gasteiger partial charge < -0.3 is 21.1 Å². The zero-order valence-electron chi connectivity index (χ0n) is 14.9. The highest BCUT2D eigenvalue weighted by Gasteiger charge is 2.27. The molecule has 0 fully saturated rings. The van der Waals surface area contributed by atoms with Crippen molar-refractivity contribution in [3.63, 3.8) is 0 Å². The van der Waals surface area contributed by atoms with Gasteiger partial charge in [-0.2, -0.15) is 0 Å². The summed E-state index contributed by atoms with van der Waals surface area (Å²) >= 11 is 0. The van der Waals surface area contributed by atoms with Crippen molar-refractivity contribution in [2.24, 2.45) is 5.92 Å². The zero-order chi connectivity index (χ0) is 17.5. The Morgan fingerprint density at radius 1 is 1.26 bits per heavy atom. The lowest BCUT2D eigenvalue weighted by Gasteiger charge is -2.29. The summed E-state index contributed by atoms with van der Waals surface area (Å²) in [6.07, 6.45) is 0.867. The van der Waals surface area contributed by atoms with Crippen molar-refractivity contribution in [3.05, 3.63) is 29.8 Å². The van der Waals surface area contributed by atoms with Gasteiger partial charge in [-0.3, -0.25) is 0 Å². The van der Waals surface area contributed by atoms with Crippen LogP contribution in [0.25, 0.3) is 0 Å². The maximum absolute atomic E-state index is 11.9. The summed E-state index contributed by atoms with van der Waals surface area (Å²) in [4.78, 5) is 11.9. The molecule has 0 spiro atoms. The summed E-state index contributed by atoms with van der Waals surface area (Å²) < 4.78 is 0. The fraction of sp³-hybridized carbons (Fsp3) is 0.611. The van der Waals surface area contributed by atoms with Crippen LogP contribution in [-0.2, 0) is 6.54 Å². The molecule has 0 aliphatic rings. The van der Waals surface area contributed by atoms with Crippen molar-refractivity contribution in [1.29, 1.82) is 0 Å². The molecule has 0 aliphatic carbocycles. The van der Waals surface area contributed by atoms with E-state index in [0.717, 1.165) is 17.7 Å². The van der Waals surface area contributed by atoms with Crippen LogP contribution in [0.2, 0.25) is 0 Å². The van der Waals surface area contributed by atoms with Gasteiger partial charge in [0.05, 0.1) is 5.60 Å². The van der Waals surface area contributed by atoms with Crippen LogP contribution in [0.3, 0.4) is 0 Å². The molecule has 0 aromatic heterocycles. The minimum absolute atomic E-state index is 0.126. The molecule has 0 heterocycles. The number of hydrogen-bond acceptors (Lipinski definition) is 3. The van der Waals surface area contributed by atoms with E-state index < -0.39 is 5.60 Å². The number of benzene rings is 1. The molecule has 1 aromatic carbocycles. The van der Waals surface area contributed by atoms with Gasteiger partial charge in [0.15, 0.2) is 0 Å². The highest BCUT2D eigenvalue weighted by Crippen LogP contribution is 2.18. The van der Waals surface area contributed by atoms with E-state index in [1.807, 2.05) is 38.1 Å². The summed E-state index contributed by atoms with van der Waals surface area (Å²) in [6, 6.07) is 8.07. The van der Waals surface area contributed by atoms with Gasteiger partial charge in [0.1, 0.15) is 0 Å². The third-order valence-corrected chi connectivity index (χ3v) is 4.12. The Labute approximate surface area is 139 Å². The zero-order valence-corrected chi connectivity index (χ0v) is 14.9. The predicted molar refractivity (Wildman–Crippen MR) is 95.5 cm³/mol. The average Bonchev–Trinajstić information content (AvgIpc) is 2.49. The van der Waals surface area contributed by atoms with Gasteiger partial charge in [0.25, 0.3) is 0 Å². The van der Waals surface area contributed by atoms with Crippen molar-refractivity contribution in [3.8, 4) is 0 Å². The molecule has 23 heavy (non-hydrogen) atoms. The van der Waals surface area contributed by atoms with Crippen molar-refractivity contribution in [2.45, 2.75) is 59.2 Å². The van der Waals surface area contributed by atoms with E-state index in [4.69, 9.17) is 0 Å². The second-order valence-corrected chi connectivity index (χ2v) is 6.70. The second kappa shape index (κ2) is 8.77. The van der Waals surface area contributed by atoms with Gasteiger partial charge in [0.2, 0.25) is 0 Å². The molecule has 1 aromatic rings. The van der Waals surface area contributed by atoms with Crippen LogP contribution in [0.15, 0.2) is 24.3 Å². The van der Waals surface area contributed by atoms with Gasteiger partial charge in [-0.15, -0.1) is 0 Å². The Morgan fingerprint density at radius 2 is 1.96 bits per heavy atom. The Kier molecular flexibility index (Phi) is 7.36. The summed E-state index contributed by atoms with van der Waals surface area (Å²) in [5.74, 6) is 0.126. The van der Waals surface area contributed by atoms with Gasteiger partial charge in [-0.25, -0.2) is 4.79 Å². The van der Waals surface area contributed by atoms with Crippen LogP contribution < -0.4 is 16.0 Å². The third kappa shape index (κ3) is 6.91. The van der Waals surface area contributed by atoms with E-state index in [9.17, 15) is 9.90 Å². The highest BCUT2D eigenvalue weighted by molar-refractivity contribution is 5.73. The molecule has 2 unspecified atom stereocenters. The first-order valence-corrected chi connectivity index (χ1v) is 8.34. The Balaban J connectivity index is 2.44. The smallest absolute Gasteiger partial charge is 0.315 e. The number of carbonyl (C=O) groups is 1. The maximum atomic E-state index is 11.9. The first-order chi connectivity index (χ1) is 10.7. The molecule has 2 atom stereocenters. The molecule has 1 rings (SSSR count). The van der Waals surface area contributed by atoms with Crippen LogP contribution in [0.5, 0.6) is 0 Å². The SMILES string of the molecule is CCC(C)C(C)(O)CNC(=O)NCc1cccc(NC(C)C)c1. The number of nitrogens with one attached hydrogen (secondary N) is 3. The molecular formula is C18H31N3O2. The van der Waals surface area contributed by atoms with Crippen molar-refractivity contribution in [2.75, 3.05) is 11.9 Å². The first-order valence-electron chi connectivity index (χ1n) is 8.34. The largest absolute Gasteiger partial charge is 0.388 e. The maximum Gasteiger partial charge on any atom is 0.315 e. The van der Waals surface area contributed by atoms with E-state index in [1.165, 1.54) is 0 Å². The van der Waals surface area contributed by atoms with E-state index in [0.29, 0.717) is 12.6 Å². The normalized spacial score (nSPS) is 14.9. The first kappa shape index (κ1) is 19.3. The van der Waals surface area contributed by atoms with Gasteiger partial charge in [-0.05, 0) is 44.4 Å². The second-order valence-electron chi connectivity index (χ2n) is 6.70.